The number of aryl methyl sites for hydroxylation is 1. The summed E-state index contributed by atoms with van der Waals surface area (Å²) >= 11 is 6.53. The maximum atomic E-state index is 11.8. The molecule has 100 valence electrons. The standard InChI is InChI=1S/C14H16N2OS2/c1-10-12(19-14(18)16-10)9-13(17)15-8-7-11-5-3-2-4-6-11/h2-6H,7-9H2,1H3,(H,15,17)(H,16,18). The van der Waals surface area contributed by atoms with Crippen molar-refractivity contribution in [3.8, 4) is 0 Å². The summed E-state index contributed by atoms with van der Waals surface area (Å²) in [7, 11) is 0. The number of aromatic amines is 1. The molecule has 1 heterocycles. The molecule has 1 aromatic carbocycles. The number of benzene rings is 1. The monoisotopic (exact) mass is 292 g/mol. The van der Waals surface area contributed by atoms with E-state index in [1.165, 1.54) is 16.9 Å². The molecule has 3 nitrogen and oxygen atoms in total. The van der Waals surface area contributed by atoms with E-state index in [4.69, 9.17) is 12.2 Å². The van der Waals surface area contributed by atoms with Crippen LogP contribution < -0.4 is 5.32 Å². The molecule has 5 heteroatoms. The first-order valence-corrected chi connectivity index (χ1v) is 7.37. The van der Waals surface area contributed by atoms with Crippen LogP contribution in [0.2, 0.25) is 0 Å². The molecule has 0 saturated heterocycles. The van der Waals surface area contributed by atoms with Gasteiger partial charge >= 0.3 is 0 Å². The second kappa shape index (κ2) is 6.63. The maximum absolute atomic E-state index is 11.8. The fraction of sp³-hybridized carbons (Fsp3) is 0.286. The fourth-order valence-corrected chi connectivity index (χ4v) is 3.09. The Balaban J connectivity index is 1.79. The van der Waals surface area contributed by atoms with Crippen molar-refractivity contribution < 1.29 is 4.79 Å². The third-order valence-electron chi connectivity index (χ3n) is 2.82. The smallest absolute Gasteiger partial charge is 0.225 e. The first-order chi connectivity index (χ1) is 9.15. The van der Waals surface area contributed by atoms with Crippen molar-refractivity contribution >= 4 is 29.5 Å². The Kier molecular flexibility index (Phi) is 4.87. The molecular weight excluding hydrogens is 276 g/mol. The van der Waals surface area contributed by atoms with E-state index in [1.807, 2.05) is 25.1 Å². The molecule has 2 rings (SSSR count). The average Bonchev–Trinajstić information content (AvgIpc) is 2.69. The van der Waals surface area contributed by atoms with E-state index in [2.05, 4.69) is 22.4 Å². The number of hydrogen-bond acceptors (Lipinski definition) is 3. The summed E-state index contributed by atoms with van der Waals surface area (Å²) < 4.78 is 0.726. The van der Waals surface area contributed by atoms with Gasteiger partial charge in [0.2, 0.25) is 5.91 Å². The quantitative estimate of drug-likeness (QED) is 0.832. The van der Waals surface area contributed by atoms with E-state index in [0.717, 1.165) is 20.9 Å². The maximum Gasteiger partial charge on any atom is 0.225 e. The zero-order chi connectivity index (χ0) is 13.7. The molecule has 0 saturated carbocycles. The molecule has 0 spiro atoms. The lowest BCUT2D eigenvalue weighted by Gasteiger charge is -2.04. The lowest BCUT2D eigenvalue weighted by atomic mass is 10.1. The van der Waals surface area contributed by atoms with Gasteiger partial charge in [0, 0.05) is 17.1 Å². The number of hydrogen-bond donors (Lipinski definition) is 2. The van der Waals surface area contributed by atoms with Crippen molar-refractivity contribution in [1.82, 2.24) is 10.3 Å². The summed E-state index contributed by atoms with van der Waals surface area (Å²) in [5.41, 5.74) is 2.23. The minimum absolute atomic E-state index is 0.0456. The molecule has 1 aromatic heterocycles. The highest BCUT2D eigenvalue weighted by Crippen LogP contribution is 2.14. The van der Waals surface area contributed by atoms with Crippen LogP contribution in [0.4, 0.5) is 0 Å². The highest BCUT2D eigenvalue weighted by Gasteiger charge is 2.08. The second-order valence-corrected chi connectivity index (χ2v) is 6.10. The first-order valence-electron chi connectivity index (χ1n) is 6.14. The van der Waals surface area contributed by atoms with Crippen LogP contribution in [0, 0.1) is 10.9 Å². The zero-order valence-corrected chi connectivity index (χ0v) is 12.4. The van der Waals surface area contributed by atoms with Gasteiger partial charge in [-0.15, -0.1) is 11.3 Å². The molecule has 0 radical (unpaired) electrons. The molecule has 0 unspecified atom stereocenters. The molecule has 0 fully saturated rings. The highest BCUT2D eigenvalue weighted by molar-refractivity contribution is 7.73. The van der Waals surface area contributed by atoms with Crippen molar-refractivity contribution in [2.45, 2.75) is 19.8 Å². The Morgan fingerprint density at radius 3 is 2.74 bits per heavy atom. The number of amides is 1. The van der Waals surface area contributed by atoms with E-state index >= 15 is 0 Å². The van der Waals surface area contributed by atoms with Gasteiger partial charge in [-0.05, 0) is 31.1 Å². The second-order valence-electron chi connectivity index (χ2n) is 4.33. The van der Waals surface area contributed by atoms with Gasteiger partial charge in [0.25, 0.3) is 0 Å². The fourth-order valence-electron chi connectivity index (χ4n) is 1.80. The molecule has 0 aliphatic carbocycles. The number of thiazole rings is 1. The van der Waals surface area contributed by atoms with Crippen molar-refractivity contribution in [3.63, 3.8) is 0 Å². The summed E-state index contributed by atoms with van der Waals surface area (Å²) in [6.45, 7) is 2.61. The van der Waals surface area contributed by atoms with Crippen LogP contribution in [-0.4, -0.2) is 17.4 Å². The van der Waals surface area contributed by atoms with Gasteiger partial charge in [0.15, 0.2) is 3.95 Å². The van der Waals surface area contributed by atoms with E-state index in [0.29, 0.717) is 13.0 Å². The number of carbonyl (C=O) groups is 1. The number of H-pyrrole nitrogens is 1. The molecular formula is C14H16N2OS2. The van der Waals surface area contributed by atoms with Crippen LogP contribution in [-0.2, 0) is 17.6 Å². The van der Waals surface area contributed by atoms with Crippen molar-refractivity contribution in [3.05, 3.63) is 50.4 Å². The number of aromatic nitrogens is 1. The predicted octanol–water partition coefficient (Wildman–Crippen LogP) is 3.02. The molecule has 2 aromatic rings. The van der Waals surface area contributed by atoms with Crippen molar-refractivity contribution in [2.24, 2.45) is 0 Å². The number of rotatable bonds is 5. The lowest BCUT2D eigenvalue weighted by Crippen LogP contribution is -2.27. The number of nitrogens with one attached hydrogen (secondary N) is 2. The Morgan fingerprint density at radius 2 is 2.11 bits per heavy atom. The van der Waals surface area contributed by atoms with E-state index < -0.39 is 0 Å². The van der Waals surface area contributed by atoms with Gasteiger partial charge < -0.3 is 10.3 Å². The third kappa shape index (κ3) is 4.29. The SMILES string of the molecule is Cc1[nH]c(=S)sc1CC(=O)NCCc1ccccc1. The van der Waals surface area contributed by atoms with Crippen LogP contribution in [0.15, 0.2) is 30.3 Å². The topological polar surface area (TPSA) is 44.9 Å². The van der Waals surface area contributed by atoms with Gasteiger partial charge in [-0.2, -0.15) is 0 Å². The highest BCUT2D eigenvalue weighted by atomic mass is 32.1. The predicted molar refractivity (Wildman–Crippen MR) is 81.1 cm³/mol. The largest absolute Gasteiger partial charge is 0.355 e. The van der Waals surface area contributed by atoms with E-state index in [-0.39, 0.29) is 5.91 Å². The van der Waals surface area contributed by atoms with Crippen LogP contribution in [0.25, 0.3) is 0 Å². The molecule has 0 atom stereocenters. The van der Waals surface area contributed by atoms with Gasteiger partial charge in [0.1, 0.15) is 0 Å². The van der Waals surface area contributed by atoms with Gasteiger partial charge in [-0.3, -0.25) is 4.79 Å². The normalized spacial score (nSPS) is 10.4. The van der Waals surface area contributed by atoms with Crippen LogP contribution >= 0.6 is 23.6 Å². The van der Waals surface area contributed by atoms with E-state index in [1.54, 1.807) is 0 Å². The Bertz CT molecular complexity index is 601. The Morgan fingerprint density at radius 1 is 1.37 bits per heavy atom. The van der Waals surface area contributed by atoms with Crippen molar-refractivity contribution in [1.29, 1.82) is 0 Å². The van der Waals surface area contributed by atoms with Gasteiger partial charge in [0.05, 0.1) is 6.42 Å². The van der Waals surface area contributed by atoms with Gasteiger partial charge in [-0.25, -0.2) is 0 Å². The summed E-state index contributed by atoms with van der Waals surface area (Å²) in [5, 5.41) is 2.94. The van der Waals surface area contributed by atoms with Crippen LogP contribution in [0.1, 0.15) is 16.1 Å². The molecule has 0 aliphatic rings. The van der Waals surface area contributed by atoms with Crippen LogP contribution in [0.5, 0.6) is 0 Å². The molecule has 19 heavy (non-hydrogen) atoms. The van der Waals surface area contributed by atoms with E-state index in [9.17, 15) is 4.79 Å². The Hall–Kier alpha value is -1.46. The third-order valence-corrected chi connectivity index (χ3v) is 4.16. The minimum atomic E-state index is 0.0456. The summed E-state index contributed by atoms with van der Waals surface area (Å²) in [6, 6.07) is 10.1. The van der Waals surface area contributed by atoms with Crippen molar-refractivity contribution in [2.75, 3.05) is 6.54 Å². The summed E-state index contributed by atoms with van der Waals surface area (Å²) in [6.07, 6.45) is 1.26. The average molecular weight is 292 g/mol. The lowest BCUT2D eigenvalue weighted by molar-refractivity contribution is -0.120. The minimum Gasteiger partial charge on any atom is -0.355 e. The number of carbonyl (C=O) groups excluding carboxylic acids is 1. The zero-order valence-electron chi connectivity index (χ0n) is 10.7. The molecule has 1 amide bonds. The summed E-state index contributed by atoms with van der Waals surface area (Å²) in [5.74, 6) is 0.0456. The first kappa shape index (κ1) is 14.0. The van der Waals surface area contributed by atoms with Crippen LogP contribution in [0.3, 0.4) is 0 Å². The molecule has 0 aliphatic heterocycles. The molecule has 2 N–H and O–H groups in total. The molecule has 0 bridgehead atoms. The van der Waals surface area contributed by atoms with Gasteiger partial charge in [-0.1, -0.05) is 30.3 Å². The Labute approximate surface area is 121 Å². The summed E-state index contributed by atoms with van der Waals surface area (Å²) in [4.78, 5) is 15.9.